The van der Waals surface area contributed by atoms with Crippen molar-refractivity contribution in [3.63, 3.8) is 0 Å². The lowest BCUT2D eigenvalue weighted by atomic mass is 10.1. The number of halogens is 4. The van der Waals surface area contributed by atoms with Crippen molar-refractivity contribution in [1.29, 1.82) is 0 Å². The van der Waals surface area contributed by atoms with Crippen LogP contribution in [0.5, 0.6) is 5.75 Å². The molecule has 0 aliphatic carbocycles. The Morgan fingerprint density at radius 1 is 1.33 bits per heavy atom. The highest BCUT2D eigenvalue weighted by atomic mass is 19.4. The molecule has 2 nitrogen and oxygen atoms in total. The summed E-state index contributed by atoms with van der Waals surface area (Å²) in [6.45, 7) is 0.00750. The van der Waals surface area contributed by atoms with Gasteiger partial charge in [0, 0.05) is 5.56 Å². The van der Waals surface area contributed by atoms with Crippen LogP contribution in [0, 0.1) is 5.82 Å². The third-order valence-corrected chi connectivity index (χ3v) is 2.24. The van der Waals surface area contributed by atoms with Crippen LogP contribution in [0.25, 0.3) is 0 Å². The standard InChI is InChI=1S/C9H7F4NO/c10-7-5(9(11,12)13)2-1-4-6(14)3-15-8(4)7/h1-2,6H,3,14H2. The van der Waals surface area contributed by atoms with Crippen molar-refractivity contribution in [1.82, 2.24) is 0 Å². The summed E-state index contributed by atoms with van der Waals surface area (Å²) in [5, 5.41) is 0. The SMILES string of the molecule is NC1COc2c1ccc(C(F)(F)F)c2F. The first kappa shape index (κ1) is 10.2. The quantitative estimate of drug-likeness (QED) is 0.682. The predicted molar refractivity (Wildman–Crippen MR) is 43.8 cm³/mol. The molecule has 6 heteroatoms. The van der Waals surface area contributed by atoms with Gasteiger partial charge in [-0.15, -0.1) is 0 Å². The highest BCUT2D eigenvalue weighted by Crippen LogP contribution is 2.40. The fourth-order valence-electron chi connectivity index (χ4n) is 1.49. The highest BCUT2D eigenvalue weighted by molar-refractivity contribution is 5.44. The molecule has 0 spiro atoms. The van der Waals surface area contributed by atoms with Gasteiger partial charge >= 0.3 is 6.18 Å². The Bertz CT molecular complexity index is 402. The van der Waals surface area contributed by atoms with E-state index in [0.717, 1.165) is 6.07 Å². The van der Waals surface area contributed by atoms with Gasteiger partial charge in [0.2, 0.25) is 0 Å². The molecule has 1 atom stereocenters. The molecule has 1 aliphatic heterocycles. The molecule has 2 N–H and O–H groups in total. The molecule has 82 valence electrons. The van der Waals surface area contributed by atoms with Crippen molar-refractivity contribution >= 4 is 0 Å². The minimum absolute atomic E-state index is 0.00750. The maximum atomic E-state index is 13.3. The molecule has 0 saturated heterocycles. The first-order valence-corrected chi connectivity index (χ1v) is 4.19. The maximum Gasteiger partial charge on any atom is 0.419 e. The summed E-state index contributed by atoms with van der Waals surface area (Å²) in [4.78, 5) is 0. The van der Waals surface area contributed by atoms with Crippen LogP contribution in [0.15, 0.2) is 12.1 Å². The Hall–Kier alpha value is -1.30. The summed E-state index contributed by atoms with van der Waals surface area (Å²) in [6, 6.07) is 1.28. The van der Waals surface area contributed by atoms with Crippen molar-refractivity contribution < 1.29 is 22.3 Å². The van der Waals surface area contributed by atoms with Gasteiger partial charge < -0.3 is 10.5 Å². The van der Waals surface area contributed by atoms with Crippen molar-refractivity contribution in [2.45, 2.75) is 12.2 Å². The number of hydrogen-bond acceptors (Lipinski definition) is 2. The molecule has 1 aromatic carbocycles. The largest absolute Gasteiger partial charge is 0.488 e. The molecule has 15 heavy (non-hydrogen) atoms. The van der Waals surface area contributed by atoms with Gasteiger partial charge in [-0.3, -0.25) is 0 Å². The molecule has 0 bridgehead atoms. The number of hydrogen-bond donors (Lipinski definition) is 1. The van der Waals surface area contributed by atoms with Gasteiger partial charge in [-0.25, -0.2) is 4.39 Å². The Labute approximate surface area is 82.6 Å². The lowest BCUT2D eigenvalue weighted by Gasteiger charge is -2.10. The second kappa shape index (κ2) is 3.10. The average molecular weight is 221 g/mol. The van der Waals surface area contributed by atoms with Gasteiger partial charge in [0.15, 0.2) is 11.6 Å². The highest BCUT2D eigenvalue weighted by Gasteiger charge is 2.38. The summed E-state index contributed by atoms with van der Waals surface area (Å²) in [6.07, 6.45) is -4.71. The molecule has 2 rings (SSSR count). The molecule has 0 fully saturated rings. The van der Waals surface area contributed by atoms with Gasteiger partial charge in [0.1, 0.15) is 6.61 Å². The Balaban J connectivity index is 2.56. The summed E-state index contributed by atoms with van der Waals surface area (Å²) >= 11 is 0. The normalized spacial score (nSPS) is 19.9. The predicted octanol–water partition coefficient (Wildman–Crippen LogP) is 2.24. The van der Waals surface area contributed by atoms with Crippen LogP contribution in [-0.4, -0.2) is 6.61 Å². The Morgan fingerprint density at radius 2 is 2.00 bits per heavy atom. The number of alkyl halides is 3. The minimum atomic E-state index is -4.71. The van der Waals surface area contributed by atoms with Crippen molar-refractivity contribution in [2.75, 3.05) is 6.61 Å². The van der Waals surface area contributed by atoms with Gasteiger partial charge in [-0.1, -0.05) is 6.07 Å². The zero-order chi connectivity index (χ0) is 11.2. The number of fused-ring (bicyclic) bond motifs is 1. The monoisotopic (exact) mass is 221 g/mol. The zero-order valence-corrected chi connectivity index (χ0v) is 7.44. The molecular formula is C9H7F4NO. The number of rotatable bonds is 0. The van der Waals surface area contributed by atoms with Gasteiger partial charge in [0.05, 0.1) is 11.6 Å². The van der Waals surface area contributed by atoms with E-state index in [1.807, 2.05) is 0 Å². The molecular weight excluding hydrogens is 214 g/mol. The van der Waals surface area contributed by atoms with Crippen LogP contribution in [-0.2, 0) is 6.18 Å². The molecule has 0 amide bonds. The van der Waals surface area contributed by atoms with E-state index < -0.39 is 23.6 Å². The Kier molecular flexibility index (Phi) is 2.11. The van der Waals surface area contributed by atoms with Gasteiger partial charge in [0.25, 0.3) is 0 Å². The molecule has 1 unspecified atom stereocenters. The second-order valence-corrected chi connectivity index (χ2v) is 3.26. The fraction of sp³-hybridized carbons (Fsp3) is 0.333. The van der Waals surface area contributed by atoms with Gasteiger partial charge in [-0.05, 0) is 6.07 Å². The van der Waals surface area contributed by atoms with E-state index in [1.54, 1.807) is 0 Å². The first-order valence-electron chi connectivity index (χ1n) is 4.19. The molecule has 1 aromatic rings. The summed E-state index contributed by atoms with van der Waals surface area (Å²) in [5.74, 6) is -1.76. The Morgan fingerprint density at radius 3 is 2.60 bits per heavy atom. The minimum Gasteiger partial charge on any atom is -0.488 e. The topological polar surface area (TPSA) is 35.2 Å². The zero-order valence-electron chi connectivity index (χ0n) is 7.44. The number of benzene rings is 1. The number of ether oxygens (including phenoxy) is 1. The third-order valence-electron chi connectivity index (χ3n) is 2.24. The van der Waals surface area contributed by atoms with Crippen LogP contribution >= 0.6 is 0 Å². The average Bonchev–Trinajstić information content (AvgIpc) is 2.47. The van der Waals surface area contributed by atoms with Crippen molar-refractivity contribution in [2.24, 2.45) is 5.73 Å². The van der Waals surface area contributed by atoms with E-state index in [0.29, 0.717) is 6.07 Å². The van der Waals surface area contributed by atoms with E-state index in [4.69, 9.17) is 10.5 Å². The molecule has 1 heterocycles. The van der Waals surface area contributed by atoms with Crippen molar-refractivity contribution in [3.8, 4) is 5.75 Å². The van der Waals surface area contributed by atoms with Crippen LogP contribution in [0.3, 0.4) is 0 Å². The van der Waals surface area contributed by atoms with Crippen LogP contribution in [0.1, 0.15) is 17.2 Å². The summed E-state index contributed by atoms with van der Waals surface area (Å²) in [5.41, 5.74) is 4.46. The molecule has 0 radical (unpaired) electrons. The fourth-order valence-corrected chi connectivity index (χ4v) is 1.49. The van der Waals surface area contributed by atoms with Crippen LogP contribution in [0.2, 0.25) is 0 Å². The maximum absolute atomic E-state index is 13.3. The van der Waals surface area contributed by atoms with E-state index in [9.17, 15) is 17.6 Å². The molecule has 0 aromatic heterocycles. The van der Waals surface area contributed by atoms with Gasteiger partial charge in [-0.2, -0.15) is 13.2 Å². The number of nitrogens with two attached hydrogens (primary N) is 1. The lowest BCUT2D eigenvalue weighted by molar-refractivity contribution is -0.140. The summed E-state index contributed by atoms with van der Waals surface area (Å²) in [7, 11) is 0. The van der Waals surface area contributed by atoms with E-state index in [-0.39, 0.29) is 17.9 Å². The van der Waals surface area contributed by atoms with Crippen LogP contribution < -0.4 is 10.5 Å². The van der Waals surface area contributed by atoms with Crippen LogP contribution in [0.4, 0.5) is 17.6 Å². The van der Waals surface area contributed by atoms with E-state index >= 15 is 0 Å². The second-order valence-electron chi connectivity index (χ2n) is 3.26. The first-order chi connectivity index (χ1) is 6.91. The van der Waals surface area contributed by atoms with Crippen molar-refractivity contribution in [3.05, 3.63) is 29.1 Å². The molecule has 0 saturated carbocycles. The smallest absolute Gasteiger partial charge is 0.419 e. The summed E-state index contributed by atoms with van der Waals surface area (Å²) < 4.78 is 55.0. The lowest BCUT2D eigenvalue weighted by Crippen LogP contribution is -2.11. The van der Waals surface area contributed by atoms with E-state index in [2.05, 4.69) is 0 Å². The van der Waals surface area contributed by atoms with E-state index in [1.165, 1.54) is 0 Å². The third kappa shape index (κ3) is 1.54. The molecule has 1 aliphatic rings.